The zero-order valence-electron chi connectivity index (χ0n) is 22.7. The Bertz CT molecular complexity index is 1320. The Kier molecular flexibility index (Phi) is 5.96. The maximum atomic E-state index is 14.0. The Balaban J connectivity index is 1.24. The monoisotopic (exact) mass is 522 g/mol. The smallest absolute Gasteiger partial charge is 0.288 e. The highest BCUT2D eigenvalue weighted by molar-refractivity contribution is 5.64. The predicted octanol–water partition coefficient (Wildman–Crippen LogP) is 6.00. The van der Waals surface area contributed by atoms with Crippen LogP contribution < -0.4 is 9.64 Å². The number of fused-ring (bicyclic) bond motifs is 4. The molecule has 4 aliphatic rings. The summed E-state index contributed by atoms with van der Waals surface area (Å²) >= 11 is 0. The molecule has 0 unspecified atom stereocenters. The summed E-state index contributed by atoms with van der Waals surface area (Å²) in [6, 6.07) is 3.97. The maximum absolute atomic E-state index is 14.0. The molecule has 3 aromatic heterocycles. The minimum Gasteiger partial charge on any atom is -0.486 e. The van der Waals surface area contributed by atoms with E-state index in [1.807, 2.05) is 29.9 Å². The summed E-state index contributed by atoms with van der Waals surface area (Å²) in [5.74, 6) is 0.437. The molecule has 4 heterocycles. The van der Waals surface area contributed by atoms with Gasteiger partial charge in [0.1, 0.15) is 18.1 Å². The molecule has 1 aliphatic heterocycles. The first-order valence-electron chi connectivity index (χ1n) is 13.7. The molecule has 3 aromatic rings. The van der Waals surface area contributed by atoms with E-state index in [1.54, 1.807) is 6.20 Å². The summed E-state index contributed by atoms with van der Waals surface area (Å²) in [5, 5.41) is 0. The molecular weight excluding hydrogens is 486 g/mol. The molecule has 0 saturated heterocycles. The van der Waals surface area contributed by atoms with Crippen molar-refractivity contribution in [1.82, 2.24) is 24.5 Å². The first-order valence-corrected chi connectivity index (χ1v) is 13.7. The van der Waals surface area contributed by atoms with Crippen molar-refractivity contribution in [2.45, 2.75) is 76.6 Å². The fourth-order valence-corrected chi connectivity index (χ4v) is 6.82. The standard InChI is InChI=1S/C29H36F2N6O/c1-19(2)23-20(6-5-13-32-23)24-33-16-21-25(35-24)37(14-15-38-21)18-28-7-10-29(11-8-28,12-9-28)26-34-22(17-36(26)4)27(3,30)31/h5-6,13,16-17,19H,7-12,14-15,18H2,1-4H3. The molecular formula is C29H36F2N6O. The van der Waals surface area contributed by atoms with Gasteiger partial charge in [0.2, 0.25) is 0 Å². The average molecular weight is 523 g/mol. The van der Waals surface area contributed by atoms with E-state index in [2.05, 4.69) is 33.7 Å². The van der Waals surface area contributed by atoms with Crippen molar-refractivity contribution in [1.29, 1.82) is 0 Å². The Morgan fingerprint density at radius 1 is 1.08 bits per heavy atom. The average Bonchev–Trinajstić information content (AvgIpc) is 3.33. The number of pyridine rings is 1. The van der Waals surface area contributed by atoms with Crippen LogP contribution in [0.4, 0.5) is 14.6 Å². The van der Waals surface area contributed by atoms with Crippen LogP contribution in [0.5, 0.6) is 5.75 Å². The summed E-state index contributed by atoms with van der Waals surface area (Å²) in [6.07, 6.45) is 11.2. The van der Waals surface area contributed by atoms with Crippen LogP contribution in [-0.2, 0) is 18.4 Å². The minimum absolute atomic E-state index is 0.105. The van der Waals surface area contributed by atoms with Gasteiger partial charge in [0.25, 0.3) is 5.92 Å². The fraction of sp³-hybridized carbons (Fsp3) is 0.586. The van der Waals surface area contributed by atoms with Gasteiger partial charge in [-0.3, -0.25) is 4.98 Å². The van der Waals surface area contributed by atoms with Crippen LogP contribution in [0.1, 0.15) is 82.4 Å². The number of imidazole rings is 1. The van der Waals surface area contributed by atoms with E-state index in [9.17, 15) is 8.78 Å². The fourth-order valence-electron chi connectivity index (χ4n) is 6.82. The molecule has 3 saturated carbocycles. The van der Waals surface area contributed by atoms with E-state index in [4.69, 9.17) is 9.72 Å². The van der Waals surface area contributed by atoms with E-state index >= 15 is 0 Å². The van der Waals surface area contributed by atoms with Crippen molar-refractivity contribution < 1.29 is 13.5 Å². The van der Waals surface area contributed by atoms with E-state index in [-0.39, 0.29) is 22.4 Å². The molecule has 0 radical (unpaired) electrons. The highest BCUT2D eigenvalue weighted by atomic mass is 19.3. The normalized spacial score (nSPS) is 25.0. The molecule has 0 spiro atoms. The maximum Gasteiger partial charge on any atom is 0.288 e. The second-order valence-corrected chi connectivity index (χ2v) is 12.0. The second kappa shape index (κ2) is 8.99. The molecule has 2 bridgehead atoms. The third-order valence-electron chi connectivity index (χ3n) is 9.01. The van der Waals surface area contributed by atoms with E-state index in [0.29, 0.717) is 12.4 Å². The first-order chi connectivity index (χ1) is 18.1. The van der Waals surface area contributed by atoms with Crippen LogP contribution in [0.15, 0.2) is 30.7 Å². The van der Waals surface area contributed by atoms with Gasteiger partial charge in [0, 0.05) is 43.9 Å². The van der Waals surface area contributed by atoms with Crippen LogP contribution >= 0.6 is 0 Å². The quantitative estimate of drug-likeness (QED) is 0.396. The topological polar surface area (TPSA) is 69.0 Å². The highest BCUT2D eigenvalue weighted by Crippen LogP contribution is 2.58. The Morgan fingerprint density at radius 3 is 2.47 bits per heavy atom. The molecule has 0 amide bonds. The van der Waals surface area contributed by atoms with Gasteiger partial charge in [-0.15, -0.1) is 0 Å². The third kappa shape index (κ3) is 4.24. The van der Waals surface area contributed by atoms with Crippen molar-refractivity contribution >= 4 is 5.82 Å². The zero-order chi connectivity index (χ0) is 26.7. The van der Waals surface area contributed by atoms with Crippen LogP contribution in [0, 0.1) is 5.41 Å². The lowest BCUT2D eigenvalue weighted by Crippen LogP contribution is -2.51. The molecule has 7 rings (SSSR count). The summed E-state index contributed by atoms with van der Waals surface area (Å²) in [5.41, 5.74) is 1.90. The lowest BCUT2D eigenvalue weighted by molar-refractivity contribution is 0.0118. The van der Waals surface area contributed by atoms with Crippen LogP contribution in [-0.4, -0.2) is 44.2 Å². The van der Waals surface area contributed by atoms with Gasteiger partial charge >= 0.3 is 0 Å². The lowest BCUT2D eigenvalue weighted by Gasteiger charge is -2.54. The van der Waals surface area contributed by atoms with Crippen molar-refractivity contribution in [2.75, 3.05) is 24.6 Å². The number of aromatic nitrogens is 5. The Labute approximate surface area is 222 Å². The Hall–Kier alpha value is -3.10. The molecule has 3 aliphatic carbocycles. The number of hydrogen-bond donors (Lipinski definition) is 0. The number of nitrogens with zero attached hydrogens (tertiary/aromatic N) is 6. The van der Waals surface area contributed by atoms with Crippen LogP contribution in [0.2, 0.25) is 0 Å². The molecule has 0 atom stereocenters. The SMILES string of the molecule is CC(C)c1ncccc1-c1ncc2c(n1)N(CC13CCC(c4nc(C(C)(F)F)cn4C)(CC1)CC3)CCO2. The summed E-state index contributed by atoms with van der Waals surface area (Å²) in [6.45, 7) is 7.50. The largest absolute Gasteiger partial charge is 0.486 e. The minimum atomic E-state index is -2.92. The second-order valence-electron chi connectivity index (χ2n) is 12.0. The first kappa shape index (κ1) is 25.2. The number of rotatable bonds is 6. The van der Waals surface area contributed by atoms with E-state index in [1.165, 1.54) is 6.20 Å². The van der Waals surface area contributed by atoms with Gasteiger partial charge in [0.05, 0.1) is 18.4 Å². The number of ether oxygens (including phenoxy) is 1. The molecule has 3 fully saturated rings. The van der Waals surface area contributed by atoms with Gasteiger partial charge in [-0.25, -0.2) is 15.0 Å². The van der Waals surface area contributed by atoms with Crippen molar-refractivity contribution in [2.24, 2.45) is 12.5 Å². The molecule has 202 valence electrons. The zero-order valence-corrected chi connectivity index (χ0v) is 22.7. The lowest BCUT2D eigenvalue weighted by atomic mass is 9.53. The van der Waals surface area contributed by atoms with Crippen LogP contribution in [0.25, 0.3) is 11.4 Å². The third-order valence-corrected chi connectivity index (χ3v) is 9.01. The molecule has 38 heavy (non-hydrogen) atoms. The van der Waals surface area contributed by atoms with Gasteiger partial charge in [-0.2, -0.15) is 8.78 Å². The number of hydrogen-bond acceptors (Lipinski definition) is 6. The molecule has 0 N–H and O–H groups in total. The summed E-state index contributed by atoms with van der Waals surface area (Å²) in [7, 11) is 1.86. The highest BCUT2D eigenvalue weighted by Gasteiger charge is 2.52. The van der Waals surface area contributed by atoms with Gasteiger partial charge in [-0.05, 0) is 62.0 Å². The summed E-state index contributed by atoms with van der Waals surface area (Å²) < 4.78 is 35.8. The van der Waals surface area contributed by atoms with Crippen molar-refractivity contribution in [3.8, 4) is 17.1 Å². The van der Waals surface area contributed by atoms with Crippen LogP contribution in [0.3, 0.4) is 0 Å². The molecule has 7 nitrogen and oxygen atoms in total. The van der Waals surface area contributed by atoms with Gasteiger partial charge in [0.15, 0.2) is 17.4 Å². The van der Waals surface area contributed by atoms with Crippen molar-refractivity contribution in [3.05, 3.63) is 47.9 Å². The number of anilines is 1. The van der Waals surface area contributed by atoms with Gasteiger partial charge < -0.3 is 14.2 Å². The number of aryl methyl sites for hydroxylation is 1. The molecule has 0 aromatic carbocycles. The number of alkyl halides is 2. The van der Waals surface area contributed by atoms with E-state index in [0.717, 1.165) is 87.2 Å². The summed E-state index contributed by atoms with van der Waals surface area (Å²) in [4.78, 5) is 21.1. The Morgan fingerprint density at radius 2 is 1.82 bits per heavy atom. The van der Waals surface area contributed by atoms with Crippen molar-refractivity contribution in [3.63, 3.8) is 0 Å². The predicted molar refractivity (Wildman–Crippen MR) is 142 cm³/mol. The molecule has 9 heteroatoms. The van der Waals surface area contributed by atoms with E-state index < -0.39 is 5.92 Å². The van der Waals surface area contributed by atoms with Gasteiger partial charge in [-0.1, -0.05) is 13.8 Å². The number of halogens is 2.